The van der Waals surface area contributed by atoms with Crippen molar-refractivity contribution in [2.24, 2.45) is 5.10 Å². The molecule has 0 radical (unpaired) electrons. The van der Waals surface area contributed by atoms with E-state index in [1.807, 2.05) is 41.0 Å². The van der Waals surface area contributed by atoms with E-state index in [2.05, 4.69) is 53.6 Å². The zero-order valence-corrected chi connectivity index (χ0v) is 22.9. The fourth-order valence-corrected chi connectivity index (χ4v) is 4.45. The summed E-state index contributed by atoms with van der Waals surface area (Å²) in [6, 6.07) is 22.6. The van der Waals surface area contributed by atoms with Crippen molar-refractivity contribution in [3.05, 3.63) is 83.9 Å². The fourth-order valence-electron chi connectivity index (χ4n) is 3.71. The zero-order valence-electron chi connectivity index (χ0n) is 22.1. The van der Waals surface area contributed by atoms with Crippen molar-refractivity contribution in [1.29, 1.82) is 0 Å². The normalized spacial score (nSPS) is 11.9. The van der Waals surface area contributed by atoms with Crippen LogP contribution in [0.5, 0.6) is 11.5 Å². The second-order valence-electron chi connectivity index (χ2n) is 9.73. The molecule has 0 aliphatic rings. The number of hydrogen-bond acceptors (Lipinski definition) is 7. The highest BCUT2D eigenvalue weighted by molar-refractivity contribution is 7.99. The van der Waals surface area contributed by atoms with E-state index < -0.39 is 0 Å². The molecule has 8 nitrogen and oxygen atoms in total. The summed E-state index contributed by atoms with van der Waals surface area (Å²) in [4.78, 5) is 12.6. The summed E-state index contributed by atoms with van der Waals surface area (Å²) in [6.45, 7) is 8.32. The number of thioether (sulfide) groups is 1. The minimum absolute atomic E-state index is 0.0414. The maximum Gasteiger partial charge on any atom is 0.250 e. The van der Waals surface area contributed by atoms with Crippen molar-refractivity contribution in [3.8, 4) is 28.6 Å². The lowest BCUT2D eigenvalue weighted by atomic mass is 9.87. The Morgan fingerprint density at radius 1 is 1.00 bits per heavy atom. The highest BCUT2D eigenvalue weighted by Gasteiger charge is 2.19. The Morgan fingerprint density at radius 2 is 1.66 bits per heavy atom. The van der Waals surface area contributed by atoms with Gasteiger partial charge in [0.1, 0.15) is 11.5 Å². The van der Waals surface area contributed by atoms with Crippen molar-refractivity contribution < 1.29 is 14.6 Å². The molecule has 1 amide bonds. The van der Waals surface area contributed by atoms with Crippen LogP contribution in [-0.2, 0) is 10.2 Å². The third kappa shape index (κ3) is 6.41. The molecule has 2 N–H and O–H groups in total. The van der Waals surface area contributed by atoms with Crippen molar-refractivity contribution in [1.82, 2.24) is 20.2 Å². The molecule has 0 aliphatic heterocycles. The van der Waals surface area contributed by atoms with Crippen LogP contribution in [0.25, 0.3) is 17.1 Å². The van der Waals surface area contributed by atoms with Crippen LogP contribution in [0.3, 0.4) is 0 Å². The van der Waals surface area contributed by atoms with E-state index in [0.717, 1.165) is 22.6 Å². The first kappa shape index (κ1) is 26.9. The number of phenolic OH excluding ortho intramolecular Hbond substituents is 1. The summed E-state index contributed by atoms with van der Waals surface area (Å²) in [5, 5.41) is 23.1. The number of carbonyl (C=O) groups is 1. The average Bonchev–Trinajstić information content (AvgIpc) is 3.34. The van der Waals surface area contributed by atoms with Gasteiger partial charge in [-0.15, -0.1) is 10.2 Å². The van der Waals surface area contributed by atoms with Gasteiger partial charge in [0, 0.05) is 11.3 Å². The highest BCUT2D eigenvalue weighted by Crippen LogP contribution is 2.30. The molecule has 0 unspecified atom stereocenters. The zero-order chi connectivity index (χ0) is 27.3. The number of hydrogen-bond donors (Lipinski definition) is 2. The SMILES string of the molecule is COc1ccc(-n2c(SCC(=O)N/N=C(\C)c3ccc(O)cc3)nnc2-c2ccc(C(C)(C)C)cc2)cc1. The molecule has 0 saturated carbocycles. The van der Waals surface area contributed by atoms with Crippen LogP contribution in [0.15, 0.2) is 83.1 Å². The van der Waals surface area contributed by atoms with Crippen LogP contribution in [0.1, 0.15) is 38.8 Å². The standard InChI is InChI=1S/C29H31N5O3S/c1-19(20-8-14-24(35)15-9-20)30-31-26(36)18-38-28-33-32-27(21-6-10-22(11-7-21)29(2,3)4)34(28)23-12-16-25(37-5)17-13-23/h6-17,35H,18H2,1-5H3,(H,31,36)/b30-19+. The predicted octanol–water partition coefficient (Wildman–Crippen LogP) is 5.58. The Labute approximate surface area is 226 Å². The van der Waals surface area contributed by atoms with Gasteiger partial charge >= 0.3 is 0 Å². The number of aromatic hydroxyl groups is 1. The second-order valence-corrected chi connectivity index (χ2v) is 10.7. The number of rotatable bonds is 8. The van der Waals surface area contributed by atoms with E-state index in [4.69, 9.17) is 4.74 Å². The topological polar surface area (TPSA) is 102 Å². The van der Waals surface area contributed by atoms with Gasteiger partial charge in [0.15, 0.2) is 11.0 Å². The molecule has 0 fully saturated rings. The molecule has 9 heteroatoms. The van der Waals surface area contributed by atoms with Gasteiger partial charge < -0.3 is 9.84 Å². The number of benzene rings is 3. The summed E-state index contributed by atoms with van der Waals surface area (Å²) in [5.74, 6) is 1.43. The van der Waals surface area contributed by atoms with Gasteiger partial charge in [0.2, 0.25) is 0 Å². The Balaban J connectivity index is 1.56. The molecule has 0 saturated heterocycles. The number of aromatic nitrogens is 3. The second kappa shape index (κ2) is 11.5. The number of nitrogens with zero attached hydrogens (tertiary/aromatic N) is 4. The molecule has 0 atom stereocenters. The molecule has 196 valence electrons. The third-order valence-corrected chi connectivity index (χ3v) is 6.87. The van der Waals surface area contributed by atoms with Crippen LogP contribution in [-0.4, -0.2) is 44.4 Å². The van der Waals surface area contributed by atoms with E-state index in [0.29, 0.717) is 16.7 Å². The average molecular weight is 530 g/mol. The van der Waals surface area contributed by atoms with Crippen molar-refractivity contribution in [2.75, 3.05) is 12.9 Å². The predicted molar refractivity (Wildman–Crippen MR) is 151 cm³/mol. The Morgan fingerprint density at radius 3 is 2.26 bits per heavy atom. The maximum atomic E-state index is 12.6. The first-order valence-electron chi connectivity index (χ1n) is 12.1. The van der Waals surface area contributed by atoms with Crippen LogP contribution in [0, 0.1) is 0 Å². The molecule has 0 aliphatic carbocycles. The number of ether oxygens (including phenoxy) is 1. The van der Waals surface area contributed by atoms with Crippen molar-refractivity contribution in [3.63, 3.8) is 0 Å². The first-order valence-corrected chi connectivity index (χ1v) is 13.1. The van der Waals surface area contributed by atoms with Gasteiger partial charge in [-0.3, -0.25) is 9.36 Å². The fraction of sp³-hybridized carbons (Fsp3) is 0.241. The van der Waals surface area contributed by atoms with Gasteiger partial charge in [-0.05, 0) is 72.0 Å². The molecular formula is C29H31N5O3S. The molecule has 3 aromatic carbocycles. The van der Waals surface area contributed by atoms with Crippen LogP contribution < -0.4 is 10.2 Å². The summed E-state index contributed by atoms with van der Waals surface area (Å²) in [7, 11) is 1.63. The van der Waals surface area contributed by atoms with Gasteiger partial charge in [0.25, 0.3) is 5.91 Å². The largest absolute Gasteiger partial charge is 0.508 e. The van der Waals surface area contributed by atoms with E-state index in [-0.39, 0.29) is 22.8 Å². The Kier molecular flexibility index (Phi) is 8.16. The van der Waals surface area contributed by atoms with Gasteiger partial charge in [-0.1, -0.05) is 56.8 Å². The Hall–Kier alpha value is -4.11. The molecule has 38 heavy (non-hydrogen) atoms. The van der Waals surface area contributed by atoms with Gasteiger partial charge in [-0.2, -0.15) is 5.10 Å². The summed E-state index contributed by atoms with van der Waals surface area (Å²) < 4.78 is 7.26. The summed E-state index contributed by atoms with van der Waals surface area (Å²) >= 11 is 1.28. The number of nitrogens with one attached hydrogen (secondary N) is 1. The van der Waals surface area contributed by atoms with E-state index in [1.165, 1.54) is 17.3 Å². The van der Waals surface area contributed by atoms with E-state index in [9.17, 15) is 9.90 Å². The number of phenols is 1. The molecular weight excluding hydrogens is 498 g/mol. The molecule has 1 aromatic heterocycles. The van der Waals surface area contributed by atoms with Crippen molar-refractivity contribution in [2.45, 2.75) is 38.3 Å². The molecule has 4 rings (SSSR count). The quantitative estimate of drug-likeness (QED) is 0.176. The lowest BCUT2D eigenvalue weighted by Gasteiger charge is -2.19. The third-order valence-electron chi connectivity index (χ3n) is 5.94. The highest BCUT2D eigenvalue weighted by atomic mass is 32.2. The molecule has 0 bridgehead atoms. The van der Waals surface area contributed by atoms with Gasteiger partial charge in [0.05, 0.1) is 18.6 Å². The van der Waals surface area contributed by atoms with E-state index >= 15 is 0 Å². The lowest BCUT2D eigenvalue weighted by molar-refractivity contribution is -0.118. The van der Waals surface area contributed by atoms with Crippen molar-refractivity contribution >= 4 is 23.4 Å². The monoisotopic (exact) mass is 529 g/mol. The molecule has 0 spiro atoms. The maximum absolute atomic E-state index is 12.6. The Bertz CT molecular complexity index is 1420. The van der Waals surface area contributed by atoms with Crippen LogP contribution >= 0.6 is 11.8 Å². The molecule has 4 aromatic rings. The van der Waals surface area contributed by atoms with Crippen LogP contribution in [0.2, 0.25) is 0 Å². The summed E-state index contributed by atoms with van der Waals surface area (Å²) in [5.41, 5.74) is 7.07. The lowest BCUT2D eigenvalue weighted by Crippen LogP contribution is -2.21. The summed E-state index contributed by atoms with van der Waals surface area (Å²) in [6.07, 6.45) is 0. The first-order chi connectivity index (χ1) is 18.2. The van der Waals surface area contributed by atoms with Gasteiger partial charge in [-0.25, -0.2) is 5.43 Å². The molecule has 1 heterocycles. The smallest absolute Gasteiger partial charge is 0.250 e. The number of hydrazone groups is 1. The minimum atomic E-state index is -0.270. The minimum Gasteiger partial charge on any atom is -0.508 e. The van der Waals surface area contributed by atoms with E-state index in [1.54, 1.807) is 38.3 Å². The number of amides is 1. The number of carbonyl (C=O) groups excluding carboxylic acids is 1. The van der Waals surface area contributed by atoms with Crippen LogP contribution in [0.4, 0.5) is 0 Å². The number of methoxy groups -OCH3 is 1.